The summed E-state index contributed by atoms with van der Waals surface area (Å²) in [6.07, 6.45) is -0.919. The number of rotatable bonds is 4. The van der Waals surface area contributed by atoms with Crippen molar-refractivity contribution >= 4 is 5.97 Å². The predicted molar refractivity (Wildman–Crippen MR) is 47.0 cm³/mol. The Morgan fingerprint density at radius 1 is 1.38 bits per heavy atom. The molecule has 0 aromatic heterocycles. The van der Waals surface area contributed by atoms with Crippen LogP contribution in [0.4, 0.5) is 0 Å². The molecule has 4 heteroatoms. The fraction of sp³-hybridized carbons (Fsp3) is 0.222. The first-order valence-electron chi connectivity index (χ1n) is 3.88. The van der Waals surface area contributed by atoms with Crippen molar-refractivity contribution in [2.24, 2.45) is 0 Å². The highest BCUT2D eigenvalue weighted by atomic mass is 16.4. The van der Waals surface area contributed by atoms with Gasteiger partial charge in [0, 0.05) is 0 Å². The zero-order chi connectivity index (χ0) is 9.68. The number of aliphatic hydroxyl groups excluding tert-OH is 1. The van der Waals surface area contributed by atoms with Crippen LogP contribution in [-0.2, 0) is 4.79 Å². The van der Waals surface area contributed by atoms with E-state index in [-0.39, 0.29) is 6.54 Å². The van der Waals surface area contributed by atoms with Gasteiger partial charge >= 0.3 is 5.97 Å². The second-order valence-electron chi connectivity index (χ2n) is 2.59. The average Bonchev–Trinajstić information content (AvgIpc) is 2.15. The third kappa shape index (κ3) is 3.23. The van der Waals surface area contributed by atoms with Gasteiger partial charge in [-0.05, 0) is 5.56 Å². The quantitative estimate of drug-likeness (QED) is 0.586. The molecule has 0 bridgehead atoms. The van der Waals surface area contributed by atoms with Gasteiger partial charge in [-0.15, -0.1) is 0 Å². The second kappa shape index (κ2) is 4.59. The number of carbonyl (C=O) groups is 1. The first kappa shape index (κ1) is 9.70. The highest BCUT2D eigenvalue weighted by Crippen LogP contribution is 2.07. The summed E-state index contributed by atoms with van der Waals surface area (Å²) in [4.78, 5) is 10.2. The molecule has 3 N–H and O–H groups in total. The summed E-state index contributed by atoms with van der Waals surface area (Å²) in [7, 11) is 0. The molecule has 0 aliphatic carbocycles. The molecular formula is C9H11NO3. The Labute approximate surface area is 75.8 Å². The molecule has 1 unspecified atom stereocenters. The number of hydrogen-bond donors (Lipinski definition) is 3. The van der Waals surface area contributed by atoms with Gasteiger partial charge < -0.3 is 10.2 Å². The Balaban J connectivity index is 2.49. The first-order chi connectivity index (χ1) is 6.20. The summed E-state index contributed by atoms with van der Waals surface area (Å²) in [6.45, 7) is -0.254. The Morgan fingerprint density at radius 2 is 2.00 bits per heavy atom. The fourth-order valence-corrected chi connectivity index (χ4v) is 0.937. The smallest absolute Gasteiger partial charge is 0.317 e. The maximum absolute atomic E-state index is 10.2. The van der Waals surface area contributed by atoms with Crippen LogP contribution < -0.4 is 5.32 Å². The Morgan fingerprint density at radius 3 is 2.54 bits per heavy atom. The van der Waals surface area contributed by atoms with Gasteiger partial charge in [0.25, 0.3) is 0 Å². The fourth-order valence-electron chi connectivity index (χ4n) is 0.937. The Kier molecular flexibility index (Phi) is 3.42. The van der Waals surface area contributed by atoms with Crippen molar-refractivity contribution < 1.29 is 15.0 Å². The van der Waals surface area contributed by atoms with Crippen LogP contribution in [0.3, 0.4) is 0 Å². The largest absolute Gasteiger partial charge is 0.480 e. The molecule has 70 valence electrons. The van der Waals surface area contributed by atoms with Crippen LogP contribution in [0.25, 0.3) is 0 Å². The van der Waals surface area contributed by atoms with Crippen LogP contribution in [-0.4, -0.2) is 22.7 Å². The molecule has 0 aliphatic rings. The van der Waals surface area contributed by atoms with E-state index in [1.165, 1.54) is 0 Å². The Hall–Kier alpha value is -1.39. The van der Waals surface area contributed by atoms with Crippen molar-refractivity contribution in [3.05, 3.63) is 35.9 Å². The van der Waals surface area contributed by atoms with E-state index in [1.807, 2.05) is 6.07 Å². The molecule has 0 saturated heterocycles. The summed E-state index contributed by atoms with van der Waals surface area (Å²) in [6, 6.07) is 8.83. The standard InChI is InChI=1S/C9H11NO3/c11-8(12)6-10-9(13)7-4-2-1-3-5-7/h1-5,9-10,13H,6H2,(H,11,12). The number of carboxylic acid groups (broad SMARTS) is 1. The third-order valence-electron chi connectivity index (χ3n) is 1.56. The molecule has 13 heavy (non-hydrogen) atoms. The number of hydrogen-bond acceptors (Lipinski definition) is 3. The van der Waals surface area contributed by atoms with E-state index in [0.29, 0.717) is 5.56 Å². The van der Waals surface area contributed by atoms with Crippen LogP contribution in [0.5, 0.6) is 0 Å². The molecule has 0 fully saturated rings. The number of benzene rings is 1. The van der Waals surface area contributed by atoms with E-state index in [2.05, 4.69) is 5.32 Å². The molecule has 0 spiro atoms. The maximum atomic E-state index is 10.2. The lowest BCUT2D eigenvalue weighted by molar-refractivity contribution is -0.136. The van der Waals surface area contributed by atoms with Gasteiger partial charge in [0.05, 0.1) is 6.54 Å². The molecule has 0 amide bonds. The van der Waals surface area contributed by atoms with Crippen LogP contribution in [0.15, 0.2) is 30.3 Å². The van der Waals surface area contributed by atoms with E-state index >= 15 is 0 Å². The molecule has 1 atom stereocenters. The monoisotopic (exact) mass is 181 g/mol. The highest BCUT2D eigenvalue weighted by Gasteiger charge is 2.06. The van der Waals surface area contributed by atoms with Crippen molar-refractivity contribution in [2.45, 2.75) is 6.23 Å². The van der Waals surface area contributed by atoms with Gasteiger partial charge in [0.2, 0.25) is 0 Å². The predicted octanol–water partition coefficient (Wildman–Crippen LogP) is 0.352. The zero-order valence-electron chi connectivity index (χ0n) is 6.97. The molecule has 1 rings (SSSR count). The summed E-state index contributed by atoms with van der Waals surface area (Å²) in [5.74, 6) is -0.991. The zero-order valence-corrected chi connectivity index (χ0v) is 6.97. The van der Waals surface area contributed by atoms with Crippen molar-refractivity contribution in [3.8, 4) is 0 Å². The summed E-state index contributed by atoms with van der Waals surface area (Å²) < 4.78 is 0. The average molecular weight is 181 g/mol. The summed E-state index contributed by atoms with van der Waals surface area (Å²) in [5, 5.41) is 20.2. The van der Waals surface area contributed by atoms with Gasteiger partial charge in [-0.2, -0.15) is 0 Å². The first-order valence-corrected chi connectivity index (χ1v) is 3.88. The van der Waals surface area contributed by atoms with Crippen molar-refractivity contribution in [1.29, 1.82) is 0 Å². The van der Waals surface area contributed by atoms with Gasteiger partial charge in [-0.3, -0.25) is 10.1 Å². The molecule has 1 aromatic rings. The van der Waals surface area contributed by atoms with Gasteiger partial charge in [-0.25, -0.2) is 0 Å². The van der Waals surface area contributed by atoms with Gasteiger partial charge in [0.1, 0.15) is 6.23 Å². The number of carboxylic acids is 1. The lowest BCUT2D eigenvalue weighted by Crippen LogP contribution is -2.27. The highest BCUT2D eigenvalue weighted by molar-refractivity contribution is 5.69. The second-order valence-corrected chi connectivity index (χ2v) is 2.59. The Bertz CT molecular complexity index is 273. The minimum atomic E-state index is -0.991. The molecular weight excluding hydrogens is 170 g/mol. The van der Waals surface area contributed by atoms with Crippen molar-refractivity contribution in [1.82, 2.24) is 5.32 Å². The molecule has 0 aliphatic heterocycles. The van der Waals surface area contributed by atoms with Crippen LogP contribution in [0.1, 0.15) is 11.8 Å². The minimum absolute atomic E-state index is 0.254. The van der Waals surface area contributed by atoms with E-state index in [9.17, 15) is 9.90 Å². The number of aliphatic hydroxyl groups is 1. The summed E-state index contributed by atoms with van der Waals surface area (Å²) in [5.41, 5.74) is 0.656. The third-order valence-corrected chi connectivity index (χ3v) is 1.56. The van der Waals surface area contributed by atoms with E-state index in [0.717, 1.165) is 0 Å². The number of nitrogens with one attached hydrogen (secondary N) is 1. The van der Waals surface area contributed by atoms with Gasteiger partial charge in [-0.1, -0.05) is 30.3 Å². The van der Waals surface area contributed by atoms with Crippen molar-refractivity contribution in [3.63, 3.8) is 0 Å². The maximum Gasteiger partial charge on any atom is 0.317 e. The number of aliphatic carboxylic acids is 1. The molecule has 0 saturated carbocycles. The molecule has 0 heterocycles. The summed E-state index contributed by atoms with van der Waals surface area (Å²) >= 11 is 0. The van der Waals surface area contributed by atoms with E-state index in [4.69, 9.17) is 5.11 Å². The lowest BCUT2D eigenvalue weighted by Gasteiger charge is -2.10. The topological polar surface area (TPSA) is 69.6 Å². The SMILES string of the molecule is O=C(O)CNC(O)c1ccccc1. The van der Waals surface area contributed by atoms with Crippen LogP contribution >= 0.6 is 0 Å². The minimum Gasteiger partial charge on any atom is -0.480 e. The van der Waals surface area contributed by atoms with Crippen molar-refractivity contribution in [2.75, 3.05) is 6.54 Å². The lowest BCUT2D eigenvalue weighted by atomic mass is 10.2. The van der Waals surface area contributed by atoms with Gasteiger partial charge in [0.15, 0.2) is 0 Å². The molecule has 4 nitrogen and oxygen atoms in total. The van der Waals surface area contributed by atoms with E-state index in [1.54, 1.807) is 24.3 Å². The van der Waals surface area contributed by atoms with Crippen LogP contribution in [0, 0.1) is 0 Å². The molecule has 0 radical (unpaired) electrons. The van der Waals surface area contributed by atoms with E-state index < -0.39 is 12.2 Å². The normalized spacial score (nSPS) is 12.4. The van der Waals surface area contributed by atoms with Crippen LogP contribution in [0.2, 0.25) is 0 Å². The molecule has 1 aromatic carbocycles.